The quantitative estimate of drug-likeness (QED) is 0.359. The second-order valence-electron chi connectivity index (χ2n) is 2.60. The largest absolute Gasteiger partial charge is 0.379 e. The summed E-state index contributed by atoms with van der Waals surface area (Å²) >= 11 is 0. The van der Waals surface area contributed by atoms with Crippen molar-refractivity contribution in [1.82, 2.24) is 4.90 Å². The highest BCUT2D eigenvalue weighted by atomic mass is 16.5. The summed E-state index contributed by atoms with van der Waals surface area (Å²) in [6, 6.07) is 0. The molecular weight excluding hydrogens is 156 g/mol. The molecule has 0 atom stereocenters. The molecule has 0 amide bonds. The molecule has 0 spiro atoms. The van der Waals surface area contributed by atoms with Gasteiger partial charge in [-0.15, -0.1) is 0 Å². The van der Waals surface area contributed by atoms with E-state index in [0.717, 1.165) is 45.8 Å². The molecule has 0 aromatic heterocycles. The molecule has 1 saturated heterocycles. The summed E-state index contributed by atoms with van der Waals surface area (Å²) in [5, 5.41) is 0. The highest BCUT2D eigenvalue weighted by Crippen LogP contribution is 1.96. The fourth-order valence-corrected chi connectivity index (χ4v) is 1.14. The first-order chi connectivity index (χ1) is 5.93. The van der Waals surface area contributed by atoms with Gasteiger partial charge in [0.2, 0.25) is 0 Å². The van der Waals surface area contributed by atoms with Crippen molar-refractivity contribution >= 4 is 0 Å². The van der Waals surface area contributed by atoms with Gasteiger partial charge in [0.15, 0.2) is 0 Å². The standard InChI is InChI=1S/C7H16N2O.H4N2/c8-2-1-3-9-4-6-10-7-5-9;1-2/h1-8H2;1-2H2. The predicted octanol–water partition coefficient (Wildman–Crippen LogP) is -1.51. The Labute approximate surface area is 73.8 Å². The fraction of sp³-hybridized carbons (Fsp3) is 1.00. The Morgan fingerprint density at radius 2 is 1.75 bits per heavy atom. The van der Waals surface area contributed by atoms with E-state index in [1.165, 1.54) is 0 Å². The van der Waals surface area contributed by atoms with Crippen LogP contribution in [0.4, 0.5) is 0 Å². The van der Waals surface area contributed by atoms with E-state index < -0.39 is 0 Å². The smallest absolute Gasteiger partial charge is 0.0594 e. The van der Waals surface area contributed by atoms with E-state index in [4.69, 9.17) is 10.5 Å². The van der Waals surface area contributed by atoms with Gasteiger partial charge >= 0.3 is 0 Å². The van der Waals surface area contributed by atoms with Gasteiger partial charge in [0, 0.05) is 13.1 Å². The summed E-state index contributed by atoms with van der Waals surface area (Å²) in [6.45, 7) is 5.90. The van der Waals surface area contributed by atoms with Gasteiger partial charge in [-0.25, -0.2) is 0 Å². The molecule has 6 N–H and O–H groups in total. The minimum absolute atomic E-state index is 0.803. The third kappa shape index (κ3) is 5.45. The first-order valence-electron chi connectivity index (χ1n) is 4.27. The molecule has 0 aliphatic carbocycles. The maximum absolute atomic E-state index is 5.39. The van der Waals surface area contributed by atoms with Gasteiger partial charge in [-0.05, 0) is 19.5 Å². The Morgan fingerprint density at radius 1 is 1.17 bits per heavy atom. The molecule has 0 aromatic rings. The Morgan fingerprint density at radius 3 is 2.25 bits per heavy atom. The van der Waals surface area contributed by atoms with Crippen LogP contribution in [0.25, 0.3) is 0 Å². The first kappa shape index (κ1) is 11.8. The average molecular weight is 176 g/mol. The fourth-order valence-electron chi connectivity index (χ4n) is 1.14. The third-order valence-electron chi connectivity index (χ3n) is 1.78. The van der Waals surface area contributed by atoms with Gasteiger partial charge in [0.25, 0.3) is 0 Å². The van der Waals surface area contributed by atoms with Crippen molar-refractivity contribution in [2.45, 2.75) is 6.42 Å². The molecule has 1 rings (SSSR count). The lowest BCUT2D eigenvalue weighted by Gasteiger charge is -2.26. The van der Waals surface area contributed by atoms with Crippen molar-refractivity contribution in [3.05, 3.63) is 0 Å². The van der Waals surface area contributed by atoms with Crippen molar-refractivity contribution < 1.29 is 4.74 Å². The zero-order chi connectivity index (χ0) is 9.23. The number of nitrogens with two attached hydrogens (primary N) is 3. The number of nitrogens with zero attached hydrogens (tertiary/aromatic N) is 1. The molecular formula is C7H20N4O. The number of hydrogen-bond donors (Lipinski definition) is 3. The molecule has 0 aromatic carbocycles. The molecule has 74 valence electrons. The molecule has 0 radical (unpaired) electrons. The monoisotopic (exact) mass is 176 g/mol. The normalized spacial score (nSPS) is 18.2. The molecule has 0 saturated carbocycles. The van der Waals surface area contributed by atoms with Crippen LogP contribution < -0.4 is 17.4 Å². The van der Waals surface area contributed by atoms with Crippen LogP contribution in [0.1, 0.15) is 6.42 Å². The van der Waals surface area contributed by atoms with Crippen LogP contribution in [-0.2, 0) is 4.74 Å². The van der Waals surface area contributed by atoms with Gasteiger partial charge in [-0.2, -0.15) is 0 Å². The van der Waals surface area contributed by atoms with Gasteiger partial charge in [-0.3, -0.25) is 16.6 Å². The van der Waals surface area contributed by atoms with E-state index in [1.54, 1.807) is 0 Å². The molecule has 5 heteroatoms. The molecule has 0 unspecified atom stereocenters. The van der Waals surface area contributed by atoms with Gasteiger partial charge < -0.3 is 10.5 Å². The summed E-state index contributed by atoms with van der Waals surface area (Å²) in [4.78, 5) is 2.40. The highest BCUT2D eigenvalue weighted by molar-refractivity contribution is 4.61. The first-order valence-corrected chi connectivity index (χ1v) is 4.27. The van der Waals surface area contributed by atoms with Gasteiger partial charge in [0.1, 0.15) is 0 Å². The number of hydrogen-bond acceptors (Lipinski definition) is 5. The Kier molecular flexibility index (Phi) is 8.74. The van der Waals surface area contributed by atoms with Crippen LogP contribution in [0.3, 0.4) is 0 Å². The van der Waals surface area contributed by atoms with E-state index in [9.17, 15) is 0 Å². The van der Waals surface area contributed by atoms with Crippen molar-refractivity contribution in [2.24, 2.45) is 17.4 Å². The summed E-state index contributed by atoms with van der Waals surface area (Å²) < 4.78 is 5.21. The van der Waals surface area contributed by atoms with Crippen LogP contribution in [0.15, 0.2) is 0 Å². The van der Waals surface area contributed by atoms with Gasteiger partial charge in [-0.1, -0.05) is 0 Å². The van der Waals surface area contributed by atoms with Gasteiger partial charge in [0.05, 0.1) is 13.2 Å². The van der Waals surface area contributed by atoms with Crippen molar-refractivity contribution in [3.8, 4) is 0 Å². The van der Waals surface area contributed by atoms with Crippen molar-refractivity contribution in [3.63, 3.8) is 0 Å². The van der Waals surface area contributed by atoms with Crippen LogP contribution in [0.5, 0.6) is 0 Å². The van der Waals surface area contributed by atoms with Crippen LogP contribution in [0, 0.1) is 0 Å². The lowest BCUT2D eigenvalue weighted by Crippen LogP contribution is -2.37. The number of ether oxygens (including phenoxy) is 1. The molecule has 1 aliphatic heterocycles. The minimum atomic E-state index is 0.803. The van der Waals surface area contributed by atoms with E-state index in [0.29, 0.717) is 0 Å². The second kappa shape index (κ2) is 8.89. The Bertz CT molecular complexity index is 85.5. The highest BCUT2D eigenvalue weighted by Gasteiger charge is 2.07. The van der Waals surface area contributed by atoms with Crippen LogP contribution >= 0.6 is 0 Å². The minimum Gasteiger partial charge on any atom is -0.379 e. The number of rotatable bonds is 3. The summed E-state index contributed by atoms with van der Waals surface area (Å²) in [6.07, 6.45) is 1.11. The zero-order valence-corrected chi connectivity index (χ0v) is 7.54. The SMILES string of the molecule is NCCCN1CCOCC1.NN. The Hall–Kier alpha value is -0.200. The summed E-state index contributed by atoms with van der Waals surface area (Å²) in [5.74, 6) is 8.00. The zero-order valence-electron chi connectivity index (χ0n) is 7.54. The average Bonchev–Trinajstić information content (AvgIpc) is 2.19. The molecule has 1 aliphatic rings. The molecule has 5 nitrogen and oxygen atoms in total. The van der Waals surface area contributed by atoms with Crippen LogP contribution in [0.2, 0.25) is 0 Å². The summed E-state index contributed by atoms with van der Waals surface area (Å²) in [7, 11) is 0. The molecule has 12 heavy (non-hydrogen) atoms. The Balaban J connectivity index is 0.000000561. The molecule has 1 fully saturated rings. The topological polar surface area (TPSA) is 90.5 Å². The number of morpholine rings is 1. The lowest BCUT2D eigenvalue weighted by atomic mass is 10.3. The van der Waals surface area contributed by atoms with Crippen LogP contribution in [-0.4, -0.2) is 44.3 Å². The second-order valence-corrected chi connectivity index (χ2v) is 2.60. The van der Waals surface area contributed by atoms with E-state index in [-0.39, 0.29) is 0 Å². The predicted molar refractivity (Wildman–Crippen MR) is 49.3 cm³/mol. The van der Waals surface area contributed by atoms with E-state index >= 15 is 0 Å². The molecule has 1 heterocycles. The van der Waals surface area contributed by atoms with Crippen molar-refractivity contribution in [2.75, 3.05) is 39.4 Å². The lowest BCUT2D eigenvalue weighted by molar-refractivity contribution is 0.0377. The maximum atomic E-state index is 5.39. The summed E-state index contributed by atoms with van der Waals surface area (Å²) in [5.41, 5.74) is 5.39. The van der Waals surface area contributed by atoms with Crippen molar-refractivity contribution in [1.29, 1.82) is 0 Å². The maximum Gasteiger partial charge on any atom is 0.0594 e. The third-order valence-corrected chi connectivity index (χ3v) is 1.78. The van der Waals surface area contributed by atoms with E-state index in [2.05, 4.69) is 16.6 Å². The number of hydrazine groups is 1. The molecule has 0 bridgehead atoms. The van der Waals surface area contributed by atoms with E-state index in [1.807, 2.05) is 0 Å².